The molecule has 11 rings (SSSR count). The molecule has 8 aromatic rings. The molecule has 0 radical (unpaired) electrons. The third kappa shape index (κ3) is 4.34. The van der Waals surface area contributed by atoms with Crippen LogP contribution < -0.4 is 0 Å². The fourth-order valence-electron chi connectivity index (χ4n) is 9.72. The first-order chi connectivity index (χ1) is 26.8. The third-order valence-corrected chi connectivity index (χ3v) is 13.1. The zero-order valence-corrected chi connectivity index (χ0v) is 30.3. The number of fused-ring (bicyclic) bond motifs is 10. The van der Waals surface area contributed by atoms with Crippen LogP contribution in [0.2, 0.25) is 0 Å². The highest BCUT2D eigenvalue weighted by molar-refractivity contribution is 7.99. The zero-order valence-electron chi connectivity index (χ0n) is 29.5. The number of rotatable bonds is 3. The first kappa shape index (κ1) is 31.2. The summed E-state index contributed by atoms with van der Waals surface area (Å²) in [5, 5.41) is 14.6. The van der Waals surface area contributed by atoms with Crippen molar-refractivity contribution in [1.82, 2.24) is 0 Å². The Labute approximate surface area is 319 Å². The molecule has 1 spiro atoms. The van der Waals surface area contributed by atoms with Crippen molar-refractivity contribution < 1.29 is 0 Å². The van der Waals surface area contributed by atoms with Gasteiger partial charge in [-0.2, -0.15) is 5.26 Å². The molecule has 2 aliphatic carbocycles. The summed E-state index contributed by atoms with van der Waals surface area (Å²) in [5.74, 6) is 0. The van der Waals surface area contributed by atoms with Gasteiger partial charge >= 0.3 is 0 Å². The SMILES string of the molecule is N#Cc1ccc(C2=CC3=C(CC2)c2ccccc2C32c3ccccc3Sc3c(-c4c5ccccc5c(-c5ccccc5)c5ccccc45)cccc32)cc1. The van der Waals surface area contributed by atoms with E-state index in [0.717, 1.165) is 12.8 Å². The molecule has 1 atom stereocenters. The van der Waals surface area contributed by atoms with E-state index >= 15 is 0 Å². The second-order valence-corrected chi connectivity index (χ2v) is 15.6. The van der Waals surface area contributed by atoms with E-state index in [-0.39, 0.29) is 0 Å². The number of allylic oxidation sites excluding steroid dienone is 4. The van der Waals surface area contributed by atoms with Crippen LogP contribution in [0, 0.1) is 11.3 Å². The van der Waals surface area contributed by atoms with Gasteiger partial charge in [0.05, 0.1) is 17.0 Å². The van der Waals surface area contributed by atoms with Crippen LogP contribution in [0.15, 0.2) is 191 Å². The van der Waals surface area contributed by atoms with Crippen molar-refractivity contribution in [2.24, 2.45) is 0 Å². The predicted octanol–water partition coefficient (Wildman–Crippen LogP) is 13.6. The van der Waals surface area contributed by atoms with Gasteiger partial charge in [-0.05, 0) is 119 Å². The molecule has 0 fully saturated rings. The molecule has 0 saturated heterocycles. The molecule has 1 aliphatic heterocycles. The van der Waals surface area contributed by atoms with Crippen molar-refractivity contribution in [3.63, 3.8) is 0 Å². The summed E-state index contributed by atoms with van der Waals surface area (Å²) in [6.07, 6.45) is 4.44. The average Bonchev–Trinajstić information content (AvgIpc) is 3.53. The molecule has 1 nitrogen and oxygen atoms in total. The highest BCUT2D eigenvalue weighted by Gasteiger charge is 2.51. The van der Waals surface area contributed by atoms with Crippen LogP contribution in [0.25, 0.3) is 54.9 Å². The molecule has 8 aromatic carbocycles. The largest absolute Gasteiger partial charge is 0.192 e. The molecule has 0 saturated carbocycles. The minimum absolute atomic E-state index is 0.479. The summed E-state index contributed by atoms with van der Waals surface area (Å²) in [6.45, 7) is 0. The Balaban J connectivity index is 1.23. The number of hydrogen-bond donors (Lipinski definition) is 0. The van der Waals surface area contributed by atoms with Gasteiger partial charge in [0, 0.05) is 9.79 Å². The number of nitriles is 1. The Hall–Kier alpha value is -6.40. The zero-order chi connectivity index (χ0) is 35.8. The van der Waals surface area contributed by atoms with Crippen molar-refractivity contribution in [3.05, 3.63) is 215 Å². The van der Waals surface area contributed by atoms with Gasteiger partial charge in [0.1, 0.15) is 0 Å². The third-order valence-electron chi connectivity index (χ3n) is 11.9. The summed E-state index contributed by atoms with van der Waals surface area (Å²) in [5.41, 5.74) is 16.1. The number of hydrogen-bond acceptors (Lipinski definition) is 2. The molecule has 54 heavy (non-hydrogen) atoms. The molecule has 252 valence electrons. The monoisotopic (exact) mass is 703 g/mol. The molecule has 3 aliphatic rings. The lowest BCUT2D eigenvalue weighted by Gasteiger charge is -2.42. The van der Waals surface area contributed by atoms with Gasteiger partial charge in [0.15, 0.2) is 0 Å². The summed E-state index contributed by atoms with van der Waals surface area (Å²) < 4.78 is 0. The molecule has 0 N–H and O–H groups in total. The maximum atomic E-state index is 9.53. The van der Waals surface area contributed by atoms with Crippen molar-refractivity contribution in [2.75, 3.05) is 0 Å². The lowest BCUT2D eigenvalue weighted by molar-refractivity contribution is 0.714. The molecule has 2 heteroatoms. The van der Waals surface area contributed by atoms with Crippen LogP contribution >= 0.6 is 11.8 Å². The van der Waals surface area contributed by atoms with Gasteiger partial charge in [0.2, 0.25) is 0 Å². The molecular formula is C52H33NS. The maximum absolute atomic E-state index is 9.53. The highest BCUT2D eigenvalue weighted by Crippen LogP contribution is 2.65. The van der Waals surface area contributed by atoms with Crippen LogP contribution in [0.5, 0.6) is 0 Å². The van der Waals surface area contributed by atoms with E-state index in [2.05, 4.69) is 170 Å². The molecule has 0 bridgehead atoms. The van der Waals surface area contributed by atoms with Gasteiger partial charge in [-0.1, -0.05) is 169 Å². The predicted molar refractivity (Wildman–Crippen MR) is 225 cm³/mol. The fourth-order valence-corrected chi connectivity index (χ4v) is 11.0. The van der Waals surface area contributed by atoms with Crippen molar-refractivity contribution in [2.45, 2.75) is 28.0 Å². The smallest absolute Gasteiger partial charge is 0.0991 e. The van der Waals surface area contributed by atoms with Crippen molar-refractivity contribution in [3.8, 4) is 28.3 Å². The van der Waals surface area contributed by atoms with E-state index in [0.29, 0.717) is 5.56 Å². The van der Waals surface area contributed by atoms with Gasteiger partial charge in [-0.15, -0.1) is 0 Å². The van der Waals surface area contributed by atoms with Crippen LogP contribution in [-0.2, 0) is 5.41 Å². The van der Waals surface area contributed by atoms with E-state index in [1.807, 2.05) is 23.9 Å². The number of benzene rings is 8. The van der Waals surface area contributed by atoms with Gasteiger partial charge in [-0.25, -0.2) is 0 Å². The number of nitrogens with zero attached hydrogens (tertiary/aromatic N) is 1. The van der Waals surface area contributed by atoms with Crippen molar-refractivity contribution >= 4 is 44.5 Å². The van der Waals surface area contributed by atoms with Gasteiger partial charge in [0.25, 0.3) is 0 Å². The summed E-state index contributed by atoms with van der Waals surface area (Å²) in [4.78, 5) is 2.62. The highest BCUT2D eigenvalue weighted by atomic mass is 32.2. The molecule has 1 unspecified atom stereocenters. The second kappa shape index (κ2) is 12.1. The molecular weight excluding hydrogens is 671 g/mol. The average molecular weight is 704 g/mol. The molecule has 0 amide bonds. The van der Waals surface area contributed by atoms with Crippen LogP contribution in [0.4, 0.5) is 0 Å². The van der Waals surface area contributed by atoms with E-state index in [1.54, 1.807) is 0 Å². The van der Waals surface area contributed by atoms with Gasteiger partial charge in [-0.3, -0.25) is 0 Å². The minimum atomic E-state index is -0.479. The lowest BCUT2D eigenvalue weighted by atomic mass is 9.65. The Morgan fingerprint density at radius 1 is 0.481 bits per heavy atom. The second-order valence-electron chi connectivity index (χ2n) is 14.5. The Morgan fingerprint density at radius 3 is 1.80 bits per heavy atom. The Bertz CT molecular complexity index is 2900. The minimum Gasteiger partial charge on any atom is -0.192 e. The molecule has 0 aromatic heterocycles. The fraction of sp³-hybridized carbons (Fsp3) is 0.0577. The van der Waals surface area contributed by atoms with Gasteiger partial charge < -0.3 is 0 Å². The maximum Gasteiger partial charge on any atom is 0.0991 e. The normalized spacial score (nSPS) is 16.8. The van der Waals surface area contributed by atoms with Crippen LogP contribution in [0.3, 0.4) is 0 Å². The van der Waals surface area contributed by atoms with E-state index in [9.17, 15) is 5.26 Å². The van der Waals surface area contributed by atoms with E-state index < -0.39 is 5.41 Å². The lowest BCUT2D eigenvalue weighted by Crippen LogP contribution is -2.33. The van der Waals surface area contributed by atoms with Crippen LogP contribution in [0.1, 0.15) is 46.2 Å². The Kier molecular flexibility index (Phi) is 6.96. The van der Waals surface area contributed by atoms with E-state index in [4.69, 9.17) is 0 Å². The standard InChI is InChI=1S/C52H33NS/c53-32-33-25-27-34(28-26-33)36-29-30-38-37-15-8-9-21-44(37)52(47(38)31-36)45-22-10-11-24-48(45)54-51-43(20-12-23-46(51)52)50-41-18-6-4-16-39(41)49(35-13-2-1-3-14-35)40-17-5-7-19-42(40)50/h1-28,31H,29-30H2. The van der Waals surface area contributed by atoms with E-state index in [1.165, 1.54) is 98.1 Å². The summed E-state index contributed by atoms with van der Waals surface area (Å²) in [7, 11) is 0. The van der Waals surface area contributed by atoms with Crippen LogP contribution in [-0.4, -0.2) is 0 Å². The topological polar surface area (TPSA) is 23.8 Å². The molecule has 1 heterocycles. The Morgan fingerprint density at radius 2 is 1.07 bits per heavy atom. The first-order valence-corrected chi connectivity index (χ1v) is 19.5. The first-order valence-electron chi connectivity index (χ1n) is 18.7. The quantitative estimate of drug-likeness (QED) is 0.171. The summed E-state index contributed by atoms with van der Waals surface area (Å²) in [6, 6.07) is 64.6. The summed E-state index contributed by atoms with van der Waals surface area (Å²) >= 11 is 1.92. The van der Waals surface area contributed by atoms with Crippen molar-refractivity contribution in [1.29, 1.82) is 5.26 Å².